The van der Waals surface area contributed by atoms with Gasteiger partial charge in [-0.15, -0.1) is 0 Å². The molecule has 0 amide bonds. The molecule has 2 aliphatic rings. The highest BCUT2D eigenvalue weighted by molar-refractivity contribution is 5.79. The smallest absolute Gasteiger partial charge is 0.191 e. The van der Waals surface area contributed by atoms with Crippen molar-refractivity contribution in [2.24, 2.45) is 4.99 Å². The quantitative estimate of drug-likeness (QED) is 0.467. The van der Waals surface area contributed by atoms with Crippen LogP contribution >= 0.6 is 0 Å². The number of nitrogens with zero attached hydrogens (tertiary/aromatic N) is 4. The molecule has 1 aromatic heterocycles. The van der Waals surface area contributed by atoms with E-state index in [1.54, 1.807) is 0 Å². The molecule has 4 rings (SSSR count). The molecule has 2 aromatic rings. The van der Waals surface area contributed by atoms with E-state index in [-0.39, 0.29) is 5.54 Å². The zero-order chi connectivity index (χ0) is 21.4. The summed E-state index contributed by atoms with van der Waals surface area (Å²) in [4.78, 5) is 11.8. The predicted octanol–water partition coefficient (Wildman–Crippen LogP) is 2.56. The Hall–Kier alpha value is -2.45. The zero-order valence-corrected chi connectivity index (χ0v) is 18.6. The van der Waals surface area contributed by atoms with Crippen molar-refractivity contribution < 1.29 is 4.74 Å². The van der Waals surface area contributed by atoms with Crippen molar-refractivity contribution in [3.05, 3.63) is 36.2 Å². The molecule has 1 aliphatic heterocycles. The van der Waals surface area contributed by atoms with E-state index in [9.17, 15) is 0 Å². The van der Waals surface area contributed by atoms with E-state index < -0.39 is 0 Å². The van der Waals surface area contributed by atoms with Gasteiger partial charge in [0.25, 0.3) is 0 Å². The van der Waals surface area contributed by atoms with Crippen molar-refractivity contribution in [2.75, 3.05) is 39.4 Å². The standard InChI is InChI=1S/C23H35N7O/c1-2-24-22(25-16-19-7-6-8-20(15-19)21-27-18-28-29-21)26-17-23(9-4-3-5-10-23)30-11-13-31-14-12-30/h6-8,15,18H,2-5,9-14,16-17H2,1H3,(H2,24,25,26)(H,27,28,29). The van der Waals surface area contributed by atoms with Gasteiger partial charge in [0.2, 0.25) is 0 Å². The molecule has 1 saturated carbocycles. The first-order valence-corrected chi connectivity index (χ1v) is 11.6. The molecule has 2 fully saturated rings. The molecule has 0 radical (unpaired) electrons. The molecule has 0 bridgehead atoms. The van der Waals surface area contributed by atoms with Crippen LogP contribution in [0, 0.1) is 0 Å². The van der Waals surface area contributed by atoms with E-state index >= 15 is 0 Å². The Morgan fingerprint density at radius 1 is 1.19 bits per heavy atom. The molecule has 0 unspecified atom stereocenters. The highest BCUT2D eigenvalue weighted by Gasteiger charge is 2.38. The van der Waals surface area contributed by atoms with Gasteiger partial charge in [-0.1, -0.05) is 37.5 Å². The molecular formula is C23H35N7O. The Kier molecular flexibility index (Phi) is 7.53. The number of guanidine groups is 1. The molecule has 31 heavy (non-hydrogen) atoms. The number of aromatic nitrogens is 3. The Balaban J connectivity index is 1.43. The second-order valence-electron chi connectivity index (χ2n) is 8.47. The van der Waals surface area contributed by atoms with Crippen molar-refractivity contribution in [3.63, 3.8) is 0 Å². The number of hydrogen-bond donors (Lipinski definition) is 3. The van der Waals surface area contributed by atoms with Crippen LogP contribution in [0.2, 0.25) is 0 Å². The maximum Gasteiger partial charge on any atom is 0.191 e. The van der Waals surface area contributed by atoms with Crippen molar-refractivity contribution >= 4 is 5.96 Å². The van der Waals surface area contributed by atoms with Gasteiger partial charge in [0.15, 0.2) is 11.8 Å². The predicted molar refractivity (Wildman–Crippen MR) is 123 cm³/mol. The van der Waals surface area contributed by atoms with E-state index in [0.717, 1.165) is 62.3 Å². The molecule has 8 nitrogen and oxygen atoms in total. The Bertz CT molecular complexity index is 824. The molecule has 3 N–H and O–H groups in total. The third-order valence-corrected chi connectivity index (χ3v) is 6.43. The van der Waals surface area contributed by atoms with Crippen LogP contribution in [0.1, 0.15) is 44.6 Å². The third-order valence-electron chi connectivity index (χ3n) is 6.43. The van der Waals surface area contributed by atoms with E-state index in [0.29, 0.717) is 6.54 Å². The molecule has 2 heterocycles. The number of aliphatic imine (C=N–C) groups is 1. The normalized spacial score (nSPS) is 19.8. The van der Waals surface area contributed by atoms with Gasteiger partial charge in [-0.3, -0.25) is 10.00 Å². The van der Waals surface area contributed by atoms with Gasteiger partial charge >= 0.3 is 0 Å². The van der Waals surface area contributed by atoms with Gasteiger partial charge in [0.1, 0.15) is 6.33 Å². The highest BCUT2D eigenvalue weighted by Crippen LogP contribution is 2.33. The summed E-state index contributed by atoms with van der Waals surface area (Å²) in [6, 6.07) is 8.29. The molecule has 1 aromatic carbocycles. The van der Waals surface area contributed by atoms with Gasteiger partial charge in [-0.05, 0) is 31.4 Å². The van der Waals surface area contributed by atoms with Crippen LogP contribution in [0.4, 0.5) is 0 Å². The minimum atomic E-state index is 0.213. The lowest BCUT2D eigenvalue weighted by Gasteiger charge is -2.48. The topological polar surface area (TPSA) is 90.5 Å². The van der Waals surface area contributed by atoms with Crippen molar-refractivity contribution in [1.29, 1.82) is 0 Å². The summed E-state index contributed by atoms with van der Waals surface area (Å²) < 4.78 is 5.61. The van der Waals surface area contributed by atoms with Gasteiger partial charge in [-0.25, -0.2) is 9.98 Å². The number of aromatic amines is 1. The van der Waals surface area contributed by atoms with Gasteiger partial charge in [0.05, 0.1) is 19.8 Å². The van der Waals surface area contributed by atoms with Gasteiger partial charge in [0, 0.05) is 37.3 Å². The summed E-state index contributed by atoms with van der Waals surface area (Å²) in [5.41, 5.74) is 2.38. The van der Waals surface area contributed by atoms with Gasteiger partial charge in [-0.2, -0.15) is 5.10 Å². The fourth-order valence-electron chi connectivity index (χ4n) is 4.77. The molecule has 168 valence electrons. The second kappa shape index (κ2) is 10.7. The van der Waals surface area contributed by atoms with Crippen LogP contribution in [-0.2, 0) is 11.3 Å². The Morgan fingerprint density at radius 3 is 2.77 bits per heavy atom. The summed E-state index contributed by atoms with van der Waals surface area (Å²) in [6.07, 6.45) is 7.99. The molecule has 0 spiro atoms. The average Bonchev–Trinajstić information content (AvgIpc) is 3.37. The number of hydrogen-bond acceptors (Lipinski definition) is 5. The third kappa shape index (κ3) is 5.62. The SMILES string of the molecule is CCNC(=NCc1cccc(-c2ncn[nH]2)c1)NCC1(N2CCOCC2)CCCCC1. The van der Waals surface area contributed by atoms with Crippen molar-refractivity contribution in [2.45, 2.75) is 51.1 Å². The highest BCUT2D eigenvalue weighted by atomic mass is 16.5. The number of rotatable bonds is 7. The van der Waals surface area contributed by atoms with Crippen LogP contribution in [0.5, 0.6) is 0 Å². The summed E-state index contributed by atoms with van der Waals surface area (Å²) in [5.74, 6) is 1.66. The Labute approximate surface area is 184 Å². The lowest BCUT2D eigenvalue weighted by molar-refractivity contribution is -0.0352. The minimum absolute atomic E-state index is 0.213. The van der Waals surface area contributed by atoms with E-state index in [2.05, 4.69) is 49.8 Å². The monoisotopic (exact) mass is 425 g/mol. The van der Waals surface area contributed by atoms with Crippen molar-refractivity contribution in [1.82, 2.24) is 30.7 Å². The van der Waals surface area contributed by atoms with Crippen LogP contribution in [0.25, 0.3) is 11.4 Å². The van der Waals surface area contributed by atoms with Crippen LogP contribution in [0.15, 0.2) is 35.6 Å². The zero-order valence-electron chi connectivity index (χ0n) is 18.6. The minimum Gasteiger partial charge on any atom is -0.379 e. The molecule has 1 aliphatic carbocycles. The lowest BCUT2D eigenvalue weighted by atomic mass is 9.80. The maximum atomic E-state index is 5.61. The van der Waals surface area contributed by atoms with Gasteiger partial charge < -0.3 is 15.4 Å². The number of benzene rings is 1. The Morgan fingerprint density at radius 2 is 2.03 bits per heavy atom. The van der Waals surface area contributed by atoms with E-state index in [1.165, 1.54) is 38.4 Å². The summed E-state index contributed by atoms with van der Waals surface area (Å²) in [5, 5.41) is 14.0. The van der Waals surface area contributed by atoms with Crippen LogP contribution in [0.3, 0.4) is 0 Å². The van der Waals surface area contributed by atoms with Crippen LogP contribution < -0.4 is 10.6 Å². The first kappa shape index (κ1) is 21.8. The largest absolute Gasteiger partial charge is 0.379 e. The average molecular weight is 426 g/mol. The molecule has 1 saturated heterocycles. The lowest BCUT2D eigenvalue weighted by Crippen LogP contribution is -2.60. The fourth-order valence-corrected chi connectivity index (χ4v) is 4.77. The molecule has 0 atom stereocenters. The first-order chi connectivity index (χ1) is 15.3. The summed E-state index contributed by atoms with van der Waals surface area (Å²) >= 11 is 0. The maximum absolute atomic E-state index is 5.61. The number of ether oxygens (including phenoxy) is 1. The second-order valence-corrected chi connectivity index (χ2v) is 8.47. The number of nitrogens with one attached hydrogen (secondary N) is 3. The molecular weight excluding hydrogens is 390 g/mol. The van der Waals surface area contributed by atoms with Crippen LogP contribution in [-0.4, -0.2) is 71.0 Å². The number of morpholine rings is 1. The molecule has 8 heteroatoms. The fraction of sp³-hybridized carbons (Fsp3) is 0.609. The van der Waals surface area contributed by atoms with E-state index in [1.807, 2.05) is 12.1 Å². The summed E-state index contributed by atoms with van der Waals surface area (Å²) in [7, 11) is 0. The number of H-pyrrole nitrogens is 1. The summed E-state index contributed by atoms with van der Waals surface area (Å²) in [6.45, 7) is 8.25. The first-order valence-electron chi connectivity index (χ1n) is 11.6. The van der Waals surface area contributed by atoms with Crippen molar-refractivity contribution in [3.8, 4) is 11.4 Å². The van der Waals surface area contributed by atoms with E-state index in [4.69, 9.17) is 9.73 Å².